The monoisotopic (exact) mass is 782 g/mol. The Labute approximate surface area is 322 Å². The molecule has 2 aliphatic carbocycles. The van der Waals surface area contributed by atoms with E-state index in [1.807, 2.05) is 19.1 Å². The third-order valence-corrected chi connectivity index (χ3v) is 13.4. The summed E-state index contributed by atoms with van der Waals surface area (Å²) < 4.78 is 44.9. The molecule has 7 atom stereocenters. The number of carbonyl (C=O) groups excluding carboxylic acids is 4. The van der Waals surface area contributed by atoms with Crippen LogP contribution >= 0.6 is 0 Å². The number of sulfonamides is 1. The van der Waals surface area contributed by atoms with Crippen LogP contribution in [0.1, 0.15) is 92.2 Å². The molecule has 2 aliphatic heterocycles. The maximum atomic E-state index is 14.8. The first-order valence-electron chi connectivity index (χ1n) is 19.1. The molecule has 7 unspecified atom stereocenters. The van der Waals surface area contributed by atoms with Gasteiger partial charge in [0.25, 0.3) is 5.91 Å². The van der Waals surface area contributed by atoms with Crippen LogP contribution < -0.4 is 24.8 Å². The lowest BCUT2D eigenvalue weighted by Gasteiger charge is -2.33. The molecule has 3 fully saturated rings. The van der Waals surface area contributed by atoms with Gasteiger partial charge >= 0.3 is 6.09 Å². The maximum Gasteiger partial charge on any atom is 0.408 e. The molecule has 15 nitrogen and oxygen atoms in total. The van der Waals surface area contributed by atoms with Crippen LogP contribution in [-0.4, -0.2) is 94.8 Å². The van der Waals surface area contributed by atoms with Gasteiger partial charge in [-0.2, -0.15) is 0 Å². The number of methoxy groups -OCH3 is 1. The number of amides is 4. The minimum absolute atomic E-state index is 0.0212. The molecule has 55 heavy (non-hydrogen) atoms. The van der Waals surface area contributed by atoms with Crippen molar-refractivity contribution < 1.29 is 41.8 Å². The fourth-order valence-corrected chi connectivity index (χ4v) is 8.85. The van der Waals surface area contributed by atoms with Gasteiger partial charge in [0.15, 0.2) is 0 Å². The molecule has 4 amide bonds. The van der Waals surface area contributed by atoms with Gasteiger partial charge in [0.1, 0.15) is 40.8 Å². The fourth-order valence-electron chi connectivity index (χ4n) is 7.53. The van der Waals surface area contributed by atoms with Crippen molar-refractivity contribution in [2.24, 2.45) is 17.8 Å². The number of nitrogens with zero attached hydrogens (tertiary/aromatic N) is 3. The number of benzene rings is 1. The summed E-state index contributed by atoms with van der Waals surface area (Å²) in [7, 11) is -2.45. The maximum absolute atomic E-state index is 14.8. The van der Waals surface area contributed by atoms with Gasteiger partial charge in [-0.15, -0.1) is 0 Å². The van der Waals surface area contributed by atoms with E-state index in [4.69, 9.17) is 14.2 Å². The molecule has 1 saturated heterocycles. The number of aromatic nitrogens is 2. The number of rotatable bonds is 7. The number of fused-ring (bicyclic) bond motifs is 3. The summed E-state index contributed by atoms with van der Waals surface area (Å²) in [6.45, 7) is 12.4. The van der Waals surface area contributed by atoms with E-state index in [1.54, 1.807) is 59.9 Å². The zero-order chi connectivity index (χ0) is 40.1. The minimum Gasteiger partial charge on any atom is -0.497 e. The van der Waals surface area contributed by atoms with Crippen molar-refractivity contribution in [3.8, 4) is 11.6 Å². The first-order chi connectivity index (χ1) is 25.7. The van der Waals surface area contributed by atoms with Crippen molar-refractivity contribution in [2.45, 2.75) is 127 Å². The van der Waals surface area contributed by atoms with E-state index in [-0.39, 0.29) is 37.1 Å². The van der Waals surface area contributed by atoms with Crippen LogP contribution in [0.25, 0.3) is 11.0 Å². The average molecular weight is 783 g/mol. The molecule has 0 radical (unpaired) electrons. The van der Waals surface area contributed by atoms with Gasteiger partial charge in [-0.25, -0.2) is 23.2 Å². The van der Waals surface area contributed by atoms with Gasteiger partial charge in [0, 0.05) is 18.4 Å². The number of allylic oxidation sites excluding steroid dienone is 1. The number of ether oxygens (including phenoxy) is 3. The van der Waals surface area contributed by atoms with E-state index in [2.05, 4.69) is 32.2 Å². The normalized spacial score (nSPS) is 29.5. The number of alkyl carbamates (subject to hydrolysis) is 1. The Morgan fingerprint density at radius 1 is 1.07 bits per heavy atom. The second kappa shape index (κ2) is 14.9. The lowest BCUT2D eigenvalue weighted by Crippen LogP contribution is -2.59. The molecule has 2 saturated carbocycles. The lowest BCUT2D eigenvalue weighted by molar-refractivity contribution is -0.142. The van der Waals surface area contributed by atoms with E-state index in [9.17, 15) is 27.6 Å². The molecule has 3 N–H and O–H groups in total. The van der Waals surface area contributed by atoms with Crippen molar-refractivity contribution in [3.63, 3.8) is 0 Å². The van der Waals surface area contributed by atoms with Crippen LogP contribution in [0.5, 0.6) is 11.6 Å². The molecule has 6 rings (SSSR count). The van der Waals surface area contributed by atoms with Crippen LogP contribution in [0.3, 0.4) is 0 Å². The minimum atomic E-state index is -4.00. The highest BCUT2D eigenvalue weighted by Crippen LogP contribution is 2.47. The fraction of sp³-hybridized carbons (Fsp3) is 0.641. The van der Waals surface area contributed by atoms with Gasteiger partial charge in [-0.1, -0.05) is 26.0 Å². The largest absolute Gasteiger partial charge is 0.497 e. The van der Waals surface area contributed by atoms with E-state index < -0.39 is 73.8 Å². The first kappa shape index (κ1) is 40.2. The Kier molecular flexibility index (Phi) is 10.9. The standard InChI is InChI=1S/C39H54N6O9S/c1-22-11-9-10-12-25-20-39(25,35(48)44-55(50,51)38(7)15-16-38)43-32(46)30-19-27(53-33-24(3)40-28-14-13-26(52-8)18-29(28)41-33)21-45(30)34(47)31(23(2)17-22)42-36(49)54-37(4,5)6/h10,12-14,18,22-23,25,27,30-31H,9,11,15-17,19-21H2,1-8H3,(H,42,49)(H,43,46)(H,44,48). The van der Waals surface area contributed by atoms with E-state index in [1.165, 1.54) is 4.90 Å². The lowest BCUT2D eigenvalue weighted by atomic mass is 9.88. The number of aryl methyl sites for hydroxylation is 1. The van der Waals surface area contributed by atoms with Crippen LogP contribution in [0.2, 0.25) is 0 Å². The molecule has 300 valence electrons. The third kappa shape index (κ3) is 8.68. The summed E-state index contributed by atoms with van der Waals surface area (Å²) >= 11 is 0. The van der Waals surface area contributed by atoms with Crippen LogP contribution in [0.15, 0.2) is 30.4 Å². The van der Waals surface area contributed by atoms with Crippen LogP contribution in [-0.2, 0) is 29.1 Å². The molecule has 3 heterocycles. The highest BCUT2D eigenvalue weighted by atomic mass is 32.2. The zero-order valence-electron chi connectivity index (χ0n) is 32.9. The van der Waals surface area contributed by atoms with E-state index >= 15 is 0 Å². The summed E-state index contributed by atoms with van der Waals surface area (Å²) in [5.74, 6) is -1.81. The second-order valence-electron chi connectivity index (χ2n) is 17.1. The molecule has 1 aromatic heterocycles. The molecule has 1 aromatic carbocycles. The molecule has 0 bridgehead atoms. The van der Waals surface area contributed by atoms with Crippen molar-refractivity contribution in [2.75, 3.05) is 13.7 Å². The Bertz CT molecular complexity index is 1990. The van der Waals surface area contributed by atoms with E-state index in [0.29, 0.717) is 48.2 Å². The van der Waals surface area contributed by atoms with Gasteiger partial charge < -0.3 is 29.7 Å². The Morgan fingerprint density at radius 3 is 2.47 bits per heavy atom. The Hall–Kier alpha value is -4.47. The van der Waals surface area contributed by atoms with Crippen molar-refractivity contribution >= 4 is 44.9 Å². The summed E-state index contributed by atoms with van der Waals surface area (Å²) in [5.41, 5.74) is -0.700. The third-order valence-electron chi connectivity index (χ3n) is 11.2. The highest BCUT2D eigenvalue weighted by molar-refractivity contribution is 7.91. The van der Waals surface area contributed by atoms with Gasteiger partial charge in [-0.3, -0.25) is 19.1 Å². The Balaban J connectivity index is 1.35. The predicted molar refractivity (Wildman–Crippen MR) is 204 cm³/mol. The average Bonchev–Trinajstić information content (AvgIpc) is 3.98. The first-order valence-corrected chi connectivity index (χ1v) is 20.6. The van der Waals surface area contributed by atoms with Gasteiger partial charge in [0.2, 0.25) is 27.7 Å². The number of hydrogen-bond acceptors (Lipinski definition) is 11. The van der Waals surface area contributed by atoms with E-state index in [0.717, 1.165) is 6.42 Å². The van der Waals surface area contributed by atoms with Crippen molar-refractivity contribution in [1.29, 1.82) is 0 Å². The summed E-state index contributed by atoms with van der Waals surface area (Å²) in [5, 5.41) is 5.70. The topological polar surface area (TPSA) is 195 Å². The number of carbonyl (C=O) groups is 4. The molecule has 16 heteroatoms. The summed E-state index contributed by atoms with van der Waals surface area (Å²) in [6.07, 6.45) is 5.43. The molecule has 2 aromatic rings. The summed E-state index contributed by atoms with van der Waals surface area (Å²) in [4.78, 5) is 67.0. The molecule has 0 spiro atoms. The Morgan fingerprint density at radius 2 is 1.80 bits per heavy atom. The van der Waals surface area contributed by atoms with Gasteiger partial charge in [0.05, 0.1) is 29.4 Å². The SMILES string of the molecule is COc1ccc2nc(C)c(OC3CC4C(=O)NC5(C(=O)NS(=O)(=O)C6(C)CC6)CC5C=CCCC(C)CC(C)C(NC(=O)OC(C)(C)C)C(=O)N4C3)nc2c1. The zero-order valence-corrected chi connectivity index (χ0v) is 33.7. The predicted octanol–water partition coefficient (Wildman–Crippen LogP) is 4.07. The molecule has 4 aliphatic rings. The van der Waals surface area contributed by atoms with Crippen molar-refractivity contribution in [1.82, 2.24) is 30.2 Å². The molecular weight excluding hydrogens is 729 g/mol. The quantitative estimate of drug-likeness (QED) is 0.343. The number of hydrogen-bond donors (Lipinski definition) is 3. The van der Waals surface area contributed by atoms with Crippen molar-refractivity contribution in [3.05, 3.63) is 36.0 Å². The summed E-state index contributed by atoms with van der Waals surface area (Å²) in [6, 6.07) is 3.10. The number of nitrogens with one attached hydrogen (secondary N) is 3. The second-order valence-corrected chi connectivity index (χ2v) is 19.3. The smallest absolute Gasteiger partial charge is 0.408 e. The molecular formula is C39H54N6O9S. The highest BCUT2D eigenvalue weighted by Gasteiger charge is 2.63. The van der Waals surface area contributed by atoms with Crippen LogP contribution in [0.4, 0.5) is 4.79 Å². The van der Waals surface area contributed by atoms with Crippen LogP contribution in [0, 0.1) is 24.7 Å². The van der Waals surface area contributed by atoms with Gasteiger partial charge in [-0.05, 0) is 97.1 Å².